The van der Waals surface area contributed by atoms with E-state index in [-0.39, 0.29) is 10.8 Å². The summed E-state index contributed by atoms with van der Waals surface area (Å²) in [6.45, 7) is 21.0. The third-order valence-electron chi connectivity index (χ3n) is 6.37. The van der Waals surface area contributed by atoms with Crippen molar-refractivity contribution in [3.63, 3.8) is 0 Å². The highest BCUT2D eigenvalue weighted by Gasteiger charge is 2.28. The number of allylic oxidation sites excluding steroid dienone is 7. The molecule has 1 aliphatic carbocycles. The van der Waals surface area contributed by atoms with Crippen LogP contribution in [0, 0.1) is 24.7 Å². The molecule has 0 radical (unpaired) electrons. The number of aromatic nitrogens is 1. The Bertz CT molecular complexity index is 1130. The molecular weight excluding hydrogens is 489 g/mol. The molecule has 0 aromatic carbocycles. The Morgan fingerprint density at radius 1 is 0.816 bits per heavy atom. The number of rotatable bonds is 5. The molecule has 0 saturated heterocycles. The van der Waals surface area contributed by atoms with Crippen LogP contribution >= 0.6 is 0 Å². The van der Waals surface area contributed by atoms with Crippen molar-refractivity contribution >= 4 is 13.3 Å². The van der Waals surface area contributed by atoms with Gasteiger partial charge in [0.1, 0.15) is 18.1 Å². The zero-order chi connectivity index (χ0) is 28.9. The van der Waals surface area contributed by atoms with Gasteiger partial charge in [0.15, 0.2) is 11.4 Å². The van der Waals surface area contributed by atoms with Crippen molar-refractivity contribution in [2.45, 2.75) is 81.7 Å². The van der Waals surface area contributed by atoms with Crippen LogP contribution in [0.4, 0.5) is 17.3 Å². The average Bonchev–Trinajstić information content (AvgIpc) is 2.91. The Morgan fingerprint density at radius 2 is 1.26 bits per heavy atom. The van der Waals surface area contributed by atoms with Gasteiger partial charge in [-0.3, -0.25) is 0 Å². The van der Waals surface area contributed by atoms with Gasteiger partial charge in [-0.15, -0.1) is 0 Å². The molecular formula is C31H42BF4NO. The van der Waals surface area contributed by atoms with E-state index in [4.69, 9.17) is 4.74 Å². The Hall–Kier alpha value is -2.83. The van der Waals surface area contributed by atoms with Crippen LogP contribution in [0.5, 0.6) is 0 Å². The highest BCUT2D eigenvalue weighted by molar-refractivity contribution is 6.50. The number of unbranched alkanes of at least 4 members (excludes halogenated alkanes) is 1. The van der Waals surface area contributed by atoms with Gasteiger partial charge in [-0.2, -0.15) is 4.57 Å². The highest BCUT2D eigenvalue weighted by atomic mass is 19.5. The predicted molar refractivity (Wildman–Crippen MR) is 151 cm³/mol. The fourth-order valence-electron chi connectivity index (χ4n) is 4.16. The first-order valence-electron chi connectivity index (χ1n) is 13.2. The maximum atomic E-state index is 9.75. The van der Waals surface area contributed by atoms with Crippen molar-refractivity contribution in [1.82, 2.24) is 0 Å². The fraction of sp³-hybridized carbons (Fsp3) is 0.452. The molecule has 0 aromatic rings. The molecule has 38 heavy (non-hydrogen) atoms. The normalized spacial score (nSPS) is 14.6. The summed E-state index contributed by atoms with van der Waals surface area (Å²) in [4.78, 5) is 0. The van der Waals surface area contributed by atoms with Gasteiger partial charge in [0.05, 0.1) is 11.1 Å². The van der Waals surface area contributed by atoms with Gasteiger partial charge in [-0.25, -0.2) is 0 Å². The molecule has 3 aliphatic rings. The molecule has 2 nitrogen and oxygen atoms in total. The molecule has 0 saturated carbocycles. The number of fused-ring (bicyclic) bond motifs is 1. The minimum atomic E-state index is -6.00. The van der Waals surface area contributed by atoms with Gasteiger partial charge in [0, 0.05) is 31.1 Å². The minimum Gasteiger partial charge on any atom is -0.465 e. The number of nitrogens with zero attached hydrogens (tertiary/aromatic N) is 1. The van der Waals surface area contributed by atoms with Crippen LogP contribution in [0.2, 0.25) is 0 Å². The summed E-state index contributed by atoms with van der Waals surface area (Å²) in [5.74, 6) is 2.03. The molecule has 208 valence electrons. The molecule has 7 heteroatoms. The van der Waals surface area contributed by atoms with Crippen LogP contribution in [-0.2, 0) is 11.3 Å². The van der Waals surface area contributed by atoms with Crippen molar-refractivity contribution in [3.8, 4) is 11.1 Å². The lowest BCUT2D eigenvalue weighted by Gasteiger charge is -2.32. The SMILES string of the molecule is CCCC[n+]1c(C)c2ccc(/C=C/C=C3C=C(C(C)(C)C)OC(C(C)(C)C)=C3)ccc-2c1C.F[B-](F)(F)F. The van der Waals surface area contributed by atoms with Gasteiger partial charge in [0.2, 0.25) is 0 Å². The average molecular weight is 531 g/mol. The second-order valence-electron chi connectivity index (χ2n) is 11.8. The highest BCUT2D eigenvalue weighted by Crippen LogP contribution is 2.39. The van der Waals surface area contributed by atoms with E-state index < -0.39 is 7.25 Å². The zero-order valence-electron chi connectivity index (χ0n) is 24.3. The van der Waals surface area contributed by atoms with E-state index in [1.54, 1.807) is 0 Å². The molecule has 0 aromatic heterocycles. The monoisotopic (exact) mass is 531 g/mol. The van der Waals surface area contributed by atoms with E-state index in [0.717, 1.165) is 18.1 Å². The molecule has 2 heterocycles. The third kappa shape index (κ3) is 9.18. The minimum absolute atomic E-state index is 0.0327. The van der Waals surface area contributed by atoms with Gasteiger partial charge < -0.3 is 22.0 Å². The molecule has 0 fully saturated rings. The van der Waals surface area contributed by atoms with E-state index in [1.807, 2.05) is 0 Å². The summed E-state index contributed by atoms with van der Waals surface area (Å²) >= 11 is 0. The largest absolute Gasteiger partial charge is 0.673 e. The first-order chi connectivity index (χ1) is 17.4. The third-order valence-corrected chi connectivity index (χ3v) is 6.37. The number of hydrogen-bond donors (Lipinski definition) is 0. The van der Waals surface area contributed by atoms with E-state index in [2.05, 4.69) is 122 Å². The Labute approximate surface area is 226 Å². The molecule has 0 N–H and O–H groups in total. The number of ether oxygens (including phenoxy) is 1. The lowest BCUT2D eigenvalue weighted by atomic mass is 9.87. The molecule has 2 aliphatic heterocycles. The predicted octanol–water partition coefficient (Wildman–Crippen LogP) is 9.63. The van der Waals surface area contributed by atoms with Crippen LogP contribution in [0.15, 0.2) is 65.7 Å². The van der Waals surface area contributed by atoms with Crippen molar-refractivity contribution in [3.05, 3.63) is 82.6 Å². The first-order valence-corrected chi connectivity index (χ1v) is 13.2. The summed E-state index contributed by atoms with van der Waals surface area (Å²) in [7, 11) is -6.00. The standard InChI is InChI=1S/C31H42NO.BF4/c1-10-11-19-32-22(2)26-17-15-24(16-18-27(26)23(32)3)13-12-14-25-20-28(30(4,5)6)33-29(21-25)31(7,8)9;2-1(3,4)5/h12-18,20-21H,10-11,19H2,1-9H3;/q+1;-1/b13-12+;. The first kappa shape index (κ1) is 31.4. The van der Waals surface area contributed by atoms with Gasteiger partial charge in [0.25, 0.3) is 0 Å². The number of hydrogen-bond acceptors (Lipinski definition) is 1. The zero-order valence-corrected chi connectivity index (χ0v) is 24.3. The Balaban J connectivity index is 0.000000926. The van der Waals surface area contributed by atoms with Crippen LogP contribution in [0.3, 0.4) is 0 Å². The molecule has 0 amide bonds. The van der Waals surface area contributed by atoms with Gasteiger partial charge in [-0.1, -0.05) is 85.2 Å². The van der Waals surface area contributed by atoms with E-state index in [9.17, 15) is 17.3 Å². The second kappa shape index (κ2) is 12.4. The summed E-state index contributed by atoms with van der Waals surface area (Å²) in [6.07, 6.45) is 13.3. The molecule has 0 unspecified atom stereocenters. The Morgan fingerprint density at radius 3 is 1.66 bits per heavy atom. The second-order valence-corrected chi connectivity index (χ2v) is 11.8. The lowest BCUT2D eigenvalue weighted by molar-refractivity contribution is -0.704. The molecule has 0 bridgehead atoms. The van der Waals surface area contributed by atoms with Gasteiger partial charge in [-0.05, 0) is 35.4 Å². The lowest BCUT2D eigenvalue weighted by Crippen LogP contribution is -2.37. The van der Waals surface area contributed by atoms with Crippen molar-refractivity contribution in [2.75, 3.05) is 0 Å². The van der Waals surface area contributed by atoms with E-state index >= 15 is 0 Å². The summed E-state index contributed by atoms with van der Waals surface area (Å²) in [5.41, 5.74) is 7.74. The molecule has 3 rings (SSSR count). The quantitative estimate of drug-likeness (QED) is 0.213. The Kier molecular flexibility index (Phi) is 10.2. The van der Waals surface area contributed by atoms with Crippen LogP contribution < -0.4 is 4.57 Å². The van der Waals surface area contributed by atoms with E-state index in [0.29, 0.717) is 0 Å². The van der Waals surface area contributed by atoms with Crippen molar-refractivity contribution in [1.29, 1.82) is 0 Å². The molecule has 0 atom stereocenters. The maximum absolute atomic E-state index is 9.75. The smallest absolute Gasteiger partial charge is 0.465 e. The van der Waals surface area contributed by atoms with Gasteiger partial charge >= 0.3 is 7.25 Å². The maximum Gasteiger partial charge on any atom is 0.673 e. The van der Waals surface area contributed by atoms with Crippen molar-refractivity contribution < 1.29 is 26.6 Å². The van der Waals surface area contributed by atoms with E-state index in [1.165, 1.54) is 46.5 Å². The fourth-order valence-corrected chi connectivity index (χ4v) is 4.16. The van der Waals surface area contributed by atoms with Crippen LogP contribution in [0.1, 0.15) is 78.3 Å². The van der Waals surface area contributed by atoms with Crippen LogP contribution in [-0.4, -0.2) is 7.25 Å². The van der Waals surface area contributed by atoms with Crippen LogP contribution in [0.25, 0.3) is 17.2 Å². The summed E-state index contributed by atoms with van der Waals surface area (Å²) < 4.78 is 47.7. The summed E-state index contributed by atoms with van der Waals surface area (Å²) in [5, 5.41) is 0. The topological polar surface area (TPSA) is 13.1 Å². The van der Waals surface area contributed by atoms with Crippen molar-refractivity contribution in [2.24, 2.45) is 10.8 Å². The number of halogens is 4. The summed E-state index contributed by atoms with van der Waals surface area (Å²) in [6, 6.07) is 9.00. The molecule has 0 spiro atoms.